The highest BCUT2D eigenvalue weighted by molar-refractivity contribution is 5.77. The fraction of sp³-hybridized carbons (Fsp3) is 0.917. The molecular formula is C12H26N2O3. The van der Waals surface area contributed by atoms with Crippen LogP contribution in [0.15, 0.2) is 0 Å². The maximum atomic E-state index is 11.0. The van der Waals surface area contributed by atoms with Gasteiger partial charge >= 0.3 is 0 Å². The summed E-state index contributed by atoms with van der Waals surface area (Å²) in [4.78, 5) is 11.0. The van der Waals surface area contributed by atoms with Gasteiger partial charge in [-0.15, -0.1) is 0 Å². The van der Waals surface area contributed by atoms with Gasteiger partial charge in [-0.1, -0.05) is 0 Å². The van der Waals surface area contributed by atoms with Crippen LogP contribution in [0.2, 0.25) is 0 Å². The molecule has 0 fully saturated rings. The van der Waals surface area contributed by atoms with Crippen molar-refractivity contribution in [3.05, 3.63) is 0 Å². The zero-order chi connectivity index (χ0) is 13.1. The Morgan fingerprint density at radius 2 is 1.76 bits per heavy atom. The first-order valence-electron chi connectivity index (χ1n) is 6.13. The number of rotatable bonds is 9. The molecule has 0 aliphatic carbocycles. The number of hydrogen-bond acceptors (Lipinski definition) is 4. The van der Waals surface area contributed by atoms with E-state index in [9.17, 15) is 4.79 Å². The highest BCUT2D eigenvalue weighted by Gasteiger charge is 2.06. The largest absolute Gasteiger partial charge is 0.378 e. The lowest BCUT2D eigenvalue weighted by molar-refractivity contribution is -0.126. The number of nitrogens with one attached hydrogen (secondary N) is 2. The van der Waals surface area contributed by atoms with Crippen molar-refractivity contribution in [2.75, 3.05) is 39.5 Å². The third-order valence-corrected chi connectivity index (χ3v) is 1.88. The van der Waals surface area contributed by atoms with Gasteiger partial charge in [-0.25, -0.2) is 0 Å². The van der Waals surface area contributed by atoms with Gasteiger partial charge < -0.3 is 20.1 Å². The van der Waals surface area contributed by atoms with Crippen molar-refractivity contribution in [2.24, 2.45) is 0 Å². The number of hydrogen-bond donors (Lipinski definition) is 2. The number of amides is 1. The smallest absolute Gasteiger partial charge is 0.245 e. The van der Waals surface area contributed by atoms with Crippen LogP contribution in [-0.4, -0.2) is 51.0 Å². The first-order chi connectivity index (χ1) is 7.95. The van der Waals surface area contributed by atoms with Gasteiger partial charge in [-0.2, -0.15) is 0 Å². The summed E-state index contributed by atoms with van der Waals surface area (Å²) < 4.78 is 10.5. The first-order valence-corrected chi connectivity index (χ1v) is 6.13. The average molecular weight is 246 g/mol. The van der Waals surface area contributed by atoms with E-state index in [0.29, 0.717) is 26.4 Å². The Balaban J connectivity index is 3.16. The molecular weight excluding hydrogens is 220 g/mol. The van der Waals surface area contributed by atoms with Crippen molar-refractivity contribution >= 4 is 5.91 Å². The van der Waals surface area contributed by atoms with Crippen LogP contribution in [0.1, 0.15) is 27.7 Å². The van der Waals surface area contributed by atoms with Crippen molar-refractivity contribution in [3.8, 4) is 0 Å². The second kappa shape index (κ2) is 9.39. The first kappa shape index (κ1) is 16.4. The summed E-state index contributed by atoms with van der Waals surface area (Å²) in [6.07, 6.45) is 0. The van der Waals surface area contributed by atoms with Crippen LogP contribution in [-0.2, 0) is 14.3 Å². The summed E-state index contributed by atoms with van der Waals surface area (Å²) in [5, 5.41) is 5.98. The van der Waals surface area contributed by atoms with Crippen LogP contribution in [0.25, 0.3) is 0 Å². The van der Waals surface area contributed by atoms with Crippen LogP contribution in [0, 0.1) is 0 Å². The molecule has 0 aromatic carbocycles. The third-order valence-electron chi connectivity index (χ3n) is 1.88. The molecule has 0 aromatic heterocycles. The van der Waals surface area contributed by atoms with Crippen LogP contribution in [0.4, 0.5) is 0 Å². The molecule has 0 aliphatic heterocycles. The molecule has 17 heavy (non-hydrogen) atoms. The van der Waals surface area contributed by atoms with Crippen molar-refractivity contribution in [1.29, 1.82) is 0 Å². The third kappa shape index (κ3) is 13.3. The zero-order valence-electron chi connectivity index (χ0n) is 11.5. The Hall–Kier alpha value is -0.650. The molecule has 0 atom stereocenters. The molecule has 0 aromatic rings. The van der Waals surface area contributed by atoms with E-state index in [1.165, 1.54) is 0 Å². The van der Waals surface area contributed by atoms with Gasteiger partial charge in [0.05, 0.1) is 19.8 Å². The highest BCUT2D eigenvalue weighted by Crippen LogP contribution is 1.96. The van der Waals surface area contributed by atoms with Gasteiger partial charge in [0.25, 0.3) is 0 Å². The van der Waals surface area contributed by atoms with Crippen molar-refractivity contribution in [3.63, 3.8) is 0 Å². The molecule has 2 N–H and O–H groups in total. The van der Waals surface area contributed by atoms with Gasteiger partial charge in [0, 0.05) is 18.6 Å². The number of likely N-dealkylation sites (N-methyl/N-ethyl adjacent to an activating group) is 1. The minimum atomic E-state index is -0.0816. The summed E-state index contributed by atoms with van der Waals surface area (Å²) in [6.45, 7) is 11.4. The van der Waals surface area contributed by atoms with Crippen LogP contribution < -0.4 is 10.6 Å². The second-order valence-corrected chi connectivity index (χ2v) is 4.80. The van der Waals surface area contributed by atoms with Gasteiger partial charge in [-0.3, -0.25) is 4.79 Å². The van der Waals surface area contributed by atoms with Gasteiger partial charge in [0.2, 0.25) is 5.91 Å². The second-order valence-electron chi connectivity index (χ2n) is 4.80. The molecule has 0 saturated heterocycles. The molecule has 0 unspecified atom stereocenters. The lowest BCUT2D eigenvalue weighted by atomic mass is 10.1. The maximum absolute atomic E-state index is 11.0. The molecule has 0 radical (unpaired) electrons. The number of ether oxygens (including phenoxy) is 2. The molecule has 0 spiro atoms. The van der Waals surface area contributed by atoms with E-state index >= 15 is 0 Å². The Kier molecular flexibility index (Phi) is 9.03. The Bertz CT molecular complexity index is 202. The number of carbonyl (C=O) groups is 1. The normalized spacial score (nSPS) is 11.5. The van der Waals surface area contributed by atoms with E-state index in [-0.39, 0.29) is 18.1 Å². The predicted octanol–water partition coefficient (Wildman–Crippen LogP) is 0.544. The fourth-order valence-electron chi connectivity index (χ4n) is 1.13. The summed E-state index contributed by atoms with van der Waals surface area (Å²) in [5.41, 5.74) is 0.123. The molecule has 5 nitrogen and oxygen atoms in total. The van der Waals surface area contributed by atoms with Gasteiger partial charge in [0.15, 0.2) is 0 Å². The molecule has 0 bridgehead atoms. The van der Waals surface area contributed by atoms with Gasteiger partial charge in [0.1, 0.15) is 6.61 Å². The minimum Gasteiger partial charge on any atom is -0.378 e. The van der Waals surface area contributed by atoms with E-state index in [1.54, 1.807) is 0 Å². The fourth-order valence-corrected chi connectivity index (χ4v) is 1.13. The summed E-state index contributed by atoms with van der Waals surface area (Å²) in [7, 11) is 0. The van der Waals surface area contributed by atoms with E-state index in [4.69, 9.17) is 9.47 Å². The Morgan fingerprint density at radius 3 is 2.35 bits per heavy atom. The van der Waals surface area contributed by atoms with E-state index in [2.05, 4.69) is 31.4 Å². The monoisotopic (exact) mass is 246 g/mol. The van der Waals surface area contributed by atoms with Crippen molar-refractivity contribution in [2.45, 2.75) is 33.2 Å². The van der Waals surface area contributed by atoms with E-state index < -0.39 is 0 Å². The summed E-state index contributed by atoms with van der Waals surface area (Å²) in [6, 6.07) is 0. The molecule has 1 amide bonds. The molecule has 0 rings (SSSR count). The molecule has 102 valence electrons. The Morgan fingerprint density at radius 1 is 1.12 bits per heavy atom. The number of carbonyl (C=O) groups excluding carboxylic acids is 1. The molecule has 0 aliphatic rings. The summed E-state index contributed by atoms with van der Waals surface area (Å²) >= 11 is 0. The molecule has 0 heterocycles. The molecule has 5 heteroatoms. The van der Waals surface area contributed by atoms with Crippen molar-refractivity contribution in [1.82, 2.24) is 10.6 Å². The highest BCUT2D eigenvalue weighted by atomic mass is 16.5. The van der Waals surface area contributed by atoms with Crippen LogP contribution >= 0.6 is 0 Å². The Labute approximate surface area is 104 Å². The van der Waals surface area contributed by atoms with E-state index in [1.807, 2.05) is 6.92 Å². The minimum absolute atomic E-state index is 0.0816. The summed E-state index contributed by atoms with van der Waals surface area (Å²) in [5.74, 6) is -0.0816. The van der Waals surface area contributed by atoms with Crippen LogP contribution in [0.5, 0.6) is 0 Å². The standard InChI is InChI=1S/C12H26N2O3/c1-5-13-11(15)10-17-9-8-16-7-6-14-12(2,3)4/h14H,5-10H2,1-4H3,(H,13,15). The van der Waals surface area contributed by atoms with E-state index in [0.717, 1.165) is 6.54 Å². The lowest BCUT2D eigenvalue weighted by Crippen LogP contribution is -2.38. The predicted molar refractivity (Wildman–Crippen MR) is 68.1 cm³/mol. The van der Waals surface area contributed by atoms with Gasteiger partial charge in [-0.05, 0) is 27.7 Å². The van der Waals surface area contributed by atoms with Crippen molar-refractivity contribution < 1.29 is 14.3 Å². The average Bonchev–Trinajstić information content (AvgIpc) is 2.21. The zero-order valence-corrected chi connectivity index (χ0v) is 11.5. The lowest BCUT2D eigenvalue weighted by Gasteiger charge is -2.20. The topological polar surface area (TPSA) is 59.6 Å². The SMILES string of the molecule is CCNC(=O)COCCOCCNC(C)(C)C. The maximum Gasteiger partial charge on any atom is 0.245 e. The molecule has 0 saturated carbocycles. The quantitative estimate of drug-likeness (QED) is 0.583. The van der Waals surface area contributed by atoms with Crippen LogP contribution in [0.3, 0.4) is 0 Å².